The maximum atomic E-state index is 10.2. The molecule has 1 unspecified atom stereocenters. The summed E-state index contributed by atoms with van der Waals surface area (Å²) in [5, 5.41) is 22.6. The molecule has 3 nitrogen and oxygen atoms in total. The summed E-state index contributed by atoms with van der Waals surface area (Å²) in [7, 11) is 0. The quantitative estimate of drug-likeness (QED) is 0.545. The van der Waals surface area contributed by atoms with Crippen LogP contribution >= 0.6 is 11.8 Å². The van der Waals surface area contributed by atoms with Gasteiger partial charge in [0.05, 0.1) is 12.2 Å². The van der Waals surface area contributed by atoms with Crippen LogP contribution in [0.25, 0.3) is 0 Å². The van der Waals surface area contributed by atoms with Crippen LogP contribution in [0.3, 0.4) is 0 Å². The van der Waals surface area contributed by atoms with Gasteiger partial charge in [-0.1, -0.05) is 0 Å². The van der Waals surface area contributed by atoms with Crippen molar-refractivity contribution in [1.29, 1.82) is 0 Å². The maximum absolute atomic E-state index is 10.2. The number of hydrogen-bond acceptors (Lipinski definition) is 4. The normalized spacial score (nSPS) is 39.5. The van der Waals surface area contributed by atoms with Gasteiger partial charge in [0, 0.05) is 24.3 Å². The fourth-order valence-corrected chi connectivity index (χ4v) is 3.40. The van der Waals surface area contributed by atoms with Gasteiger partial charge < -0.3 is 15.5 Å². The van der Waals surface area contributed by atoms with Crippen molar-refractivity contribution in [3.8, 4) is 0 Å². The van der Waals surface area contributed by atoms with Gasteiger partial charge in [-0.2, -0.15) is 11.8 Å². The van der Waals surface area contributed by atoms with Crippen LogP contribution in [0, 0.1) is 5.41 Å². The first-order valence-corrected chi connectivity index (χ1v) is 5.50. The Kier molecular flexibility index (Phi) is 2.11. The molecule has 0 bridgehead atoms. The Labute approximate surface area is 76.5 Å². The van der Waals surface area contributed by atoms with Crippen molar-refractivity contribution in [2.24, 2.45) is 5.41 Å². The Hall–Kier alpha value is 0.230. The summed E-state index contributed by atoms with van der Waals surface area (Å²) in [6.07, 6.45) is 0.833. The molecule has 0 amide bonds. The molecule has 2 aliphatic rings. The monoisotopic (exact) mass is 189 g/mol. The second-order valence-corrected chi connectivity index (χ2v) is 4.98. The van der Waals surface area contributed by atoms with Gasteiger partial charge in [0.1, 0.15) is 0 Å². The maximum Gasteiger partial charge on any atom is 0.0847 e. The number of rotatable bonds is 2. The summed E-state index contributed by atoms with van der Waals surface area (Å²) >= 11 is 1.78. The molecule has 3 N–H and O–H groups in total. The van der Waals surface area contributed by atoms with Crippen LogP contribution in [0.4, 0.5) is 0 Å². The highest BCUT2D eigenvalue weighted by Gasteiger charge is 2.55. The Bertz CT molecular complexity index is 170. The van der Waals surface area contributed by atoms with Crippen LogP contribution in [0.1, 0.15) is 6.42 Å². The van der Waals surface area contributed by atoms with Gasteiger partial charge in [-0.15, -0.1) is 0 Å². The summed E-state index contributed by atoms with van der Waals surface area (Å²) in [6.45, 7) is 1.64. The molecule has 4 heteroatoms. The number of thioether (sulfide) groups is 1. The van der Waals surface area contributed by atoms with Gasteiger partial charge in [-0.25, -0.2) is 0 Å². The van der Waals surface area contributed by atoms with E-state index >= 15 is 0 Å². The summed E-state index contributed by atoms with van der Waals surface area (Å²) < 4.78 is 0. The lowest BCUT2D eigenvalue weighted by Crippen LogP contribution is -2.68. The first kappa shape index (κ1) is 8.81. The van der Waals surface area contributed by atoms with Crippen molar-refractivity contribution < 1.29 is 10.2 Å². The van der Waals surface area contributed by atoms with Crippen LogP contribution in [-0.2, 0) is 0 Å². The van der Waals surface area contributed by atoms with Crippen LogP contribution in [0.15, 0.2) is 0 Å². The van der Waals surface area contributed by atoms with Crippen molar-refractivity contribution in [1.82, 2.24) is 5.32 Å². The van der Waals surface area contributed by atoms with Crippen LogP contribution in [0.5, 0.6) is 0 Å². The third-order valence-corrected chi connectivity index (χ3v) is 4.39. The largest absolute Gasteiger partial charge is 0.396 e. The molecular weight excluding hydrogens is 174 g/mol. The Morgan fingerprint density at radius 3 is 2.50 bits per heavy atom. The lowest BCUT2D eigenvalue weighted by atomic mass is 9.67. The zero-order chi connectivity index (χ0) is 8.66. The van der Waals surface area contributed by atoms with Crippen LogP contribution in [-0.4, -0.2) is 47.0 Å². The molecule has 12 heavy (non-hydrogen) atoms. The predicted octanol–water partition coefficient (Wildman–Crippen LogP) is -0.564. The molecular formula is C8H15NO2S. The van der Waals surface area contributed by atoms with Crippen molar-refractivity contribution >= 4 is 11.8 Å². The van der Waals surface area contributed by atoms with E-state index in [1.165, 1.54) is 0 Å². The van der Waals surface area contributed by atoms with E-state index < -0.39 is 5.60 Å². The van der Waals surface area contributed by atoms with E-state index in [9.17, 15) is 10.2 Å². The van der Waals surface area contributed by atoms with Crippen LogP contribution < -0.4 is 5.32 Å². The molecule has 0 radical (unpaired) electrons. The second-order valence-electron chi connectivity index (χ2n) is 3.88. The average molecular weight is 189 g/mol. The molecule has 0 saturated carbocycles. The van der Waals surface area contributed by atoms with Crippen molar-refractivity contribution in [3.63, 3.8) is 0 Å². The smallest absolute Gasteiger partial charge is 0.0847 e. The van der Waals surface area contributed by atoms with Gasteiger partial charge >= 0.3 is 0 Å². The molecule has 0 aliphatic carbocycles. The Balaban J connectivity index is 2.14. The standard InChI is InChI=1S/C8H15NO2S/c10-5-7(3-9-4-7)8(11)1-2-12-6-8/h9-11H,1-6H2. The van der Waals surface area contributed by atoms with Crippen molar-refractivity contribution in [3.05, 3.63) is 0 Å². The minimum atomic E-state index is -0.613. The van der Waals surface area contributed by atoms with E-state index in [1.807, 2.05) is 0 Å². The second kappa shape index (κ2) is 2.87. The highest BCUT2D eigenvalue weighted by Crippen LogP contribution is 2.44. The van der Waals surface area contributed by atoms with Gasteiger partial charge in [-0.05, 0) is 12.2 Å². The topological polar surface area (TPSA) is 52.5 Å². The minimum Gasteiger partial charge on any atom is -0.396 e. The van der Waals surface area contributed by atoms with E-state index in [4.69, 9.17) is 0 Å². The summed E-state index contributed by atoms with van der Waals surface area (Å²) in [4.78, 5) is 0. The van der Waals surface area contributed by atoms with E-state index in [1.54, 1.807) is 11.8 Å². The van der Waals surface area contributed by atoms with Crippen molar-refractivity contribution in [2.75, 3.05) is 31.2 Å². The predicted molar refractivity (Wildman–Crippen MR) is 49.3 cm³/mol. The molecule has 0 aromatic carbocycles. The average Bonchev–Trinajstić information content (AvgIpc) is 2.35. The number of hydrogen-bond donors (Lipinski definition) is 3. The highest BCUT2D eigenvalue weighted by molar-refractivity contribution is 7.99. The van der Waals surface area contributed by atoms with E-state index in [-0.39, 0.29) is 12.0 Å². The third-order valence-electron chi connectivity index (χ3n) is 3.22. The molecule has 2 aliphatic heterocycles. The van der Waals surface area contributed by atoms with Gasteiger partial charge in [0.25, 0.3) is 0 Å². The molecule has 0 spiro atoms. The minimum absolute atomic E-state index is 0.108. The molecule has 2 fully saturated rings. The zero-order valence-corrected chi connectivity index (χ0v) is 7.86. The lowest BCUT2D eigenvalue weighted by Gasteiger charge is -2.50. The summed E-state index contributed by atoms with van der Waals surface area (Å²) in [5.74, 6) is 1.81. The SMILES string of the molecule is OCC1(C2(O)CCSC2)CNC1. The van der Waals surface area contributed by atoms with Gasteiger partial charge in [-0.3, -0.25) is 0 Å². The molecule has 0 aromatic heterocycles. The fraction of sp³-hybridized carbons (Fsp3) is 1.00. The number of nitrogens with one attached hydrogen (secondary N) is 1. The van der Waals surface area contributed by atoms with E-state index in [2.05, 4.69) is 5.32 Å². The summed E-state index contributed by atoms with van der Waals surface area (Å²) in [5.41, 5.74) is -0.853. The molecule has 0 aromatic rings. The van der Waals surface area contributed by atoms with E-state index in [0.29, 0.717) is 0 Å². The summed E-state index contributed by atoms with van der Waals surface area (Å²) in [6, 6.07) is 0. The number of aliphatic hydroxyl groups is 2. The van der Waals surface area contributed by atoms with Gasteiger partial charge in [0.15, 0.2) is 0 Å². The molecule has 70 valence electrons. The number of aliphatic hydroxyl groups excluding tert-OH is 1. The Morgan fingerprint density at radius 2 is 2.17 bits per heavy atom. The first-order valence-electron chi connectivity index (χ1n) is 4.34. The molecule has 2 heterocycles. The molecule has 2 saturated heterocycles. The highest BCUT2D eigenvalue weighted by atomic mass is 32.2. The Morgan fingerprint density at radius 1 is 1.42 bits per heavy atom. The van der Waals surface area contributed by atoms with E-state index in [0.717, 1.165) is 31.0 Å². The lowest BCUT2D eigenvalue weighted by molar-refractivity contribution is -0.118. The fourth-order valence-electron chi connectivity index (χ4n) is 1.99. The molecule has 1 atom stereocenters. The van der Waals surface area contributed by atoms with Gasteiger partial charge in [0.2, 0.25) is 0 Å². The van der Waals surface area contributed by atoms with Crippen LogP contribution in [0.2, 0.25) is 0 Å². The van der Waals surface area contributed by atoms with Crippen molar-refractivity contribution in [2.45, 2.75) is 12.0 Å². The third kappa shape index (κ3) is 1.02. The zero-order valence-electron chi connectivity index (χ0n) is 7.05. The first-order chi connectivity index (χ1) is 5.72. The molecule has 2 rings (SSSR count).